The normalized spacial score (nSPS) is 11.3. The highest BCUT2D eigenvalue weighted by atomic mass is 32.2. The quantitative estimate of drug-likeness (QED) is 0.816. The Morgan fingerprint density at radius 2 is 1.42 bits per heavy atom. The van der Waals surface area contributed by atoms with E-state index >= 15 is 0 Å². The highest BCUT2D eigenvalue weighted by Crippen LogP contribution is 2.26. The second-order valence-electron chi connectivity index (χ2n) is 3.55. The van der Waals surface area contributed by atoms with Crippen molar-refractivity contribution in [1.82, 2.24) is 0 Å². The average molecular weight is 288 g/mol. The summed E-state index contributed by atoms with van der Waals surface area (Å²) in [7, 11) is -4.37. The lowest BCUT2D eigenvalue weighted by Gasteiger charge is -2.08. The molecule has 0 atom stereocenters. The summed E-state index contributed by atoms with van der Waals surface area (Å²) in [4.78, 5) is -0.266. The average Bonchev–Trinajstić information content (AvgIpc) is 2.35. The van der Waals surface area contributed by atoms with E-state index < -0.39 is 33.3 Å². The zero-order valence-corrected chi connectivity index (χ0v) is 10.1. The lowest BCUT2D eigenvalue weighted by molar-refractivity contribution is 0.427. The second kappa shape index (κ2) is 4.93. The topological polar surface area (TPSA) is 43.4 Å². The highest BCUT2D eigenvalue weighted by Gasteiger charge is 2.22. The smallest absolute Gasteiger partial charge is 0.339 e. The van der Waals surface area contributed by atoms with Crippen LogP contribution in [0.2, 0.25) is 0 Å². The molecule has 0 saturated carbocycles. The van der Waals surface area contributed by atoms with E-state index in [9.17, 15) is 21.6 Å². The predicted molar refractivity (Wildman–Crippen MR) is 60.6 cm³/mol. The molecule has 2 aromatic carbocycles. The molecule has 100 valence electrons. The van der Waals surface area contributed by atoms with Crippen molar-refractivity contribution in [3.8, 4) is 5.75 Å². The number of halogens is 3. The van der Waals surface area contributed by atoms with Gasteiger partial charge in [0.25, 0.3) is 0 Å². The lowest BCUT2D eigenvalue weighted by Crippen LogP contribution is -2.12. The number of hydrogen-bond donors (Lipinski definition) is 0. The van der Waals surface area contributed by atoms with Crippen molar-refractivity contribution >= 4 is 10.1 Å². The Bertz CT molecular complexity index is 676. The molecule has 0 fully saturated rings. The van der Waals surface area contributed by atoms with Crippen molar-refractivity contribution in [3.63, 3.8) is 0 Å². The molecule has 7 heteroatoms. The summed E-state index contributed by atoms with van der Waals surface area (Å²) in [6.45, 7) is 0. The molecule has 0 amide bonds. The summed E-state index contributed by atoms with van der Waals surface area (Å²) in [5.41, 5.74) is 0. The van der Waals surface area contributed by atoms with Gasteiger partial charge in [-0.1, -0.05) is 18.2 Å². The lowest BCUT2D eigenvalue weighted by atomic mass is 10.3. The Balaban J connectivity index is 2.42. The van der Waals surface area contributed by atoms with Crippen molar-refractivity contribution in [1.29, 1.82) is 0 Å². The fraction of sp³-hybridized carbons (Fsp3) is 0. The van der Waals surface area contributed by atoms with E-state index in [1.807, 2.05) is 0 Å². The third-order valence-corrected chi connectivity index (χ3v) is 3.42. The summed E-state index contributed by atoms with van der Waals surface area (Å²) >= 11 is 0. The van der Waals surface area contributed by atoms with Gasteiger partial charge in [0.15, 0.2) is 11.6 Å². The molecule has 0 aromatic heterocycles. The summed E-state index contributed by atoms with van der Waals surface area (Å²) < 4.78 is 67.1. The molecule has 2 aromatic rings. The van der Waals surface area contributed by atoms with Crippen LogP contribution in [0.3, 0.4) is 0 Å². The third-order valence-electron chi connectivity index (χ3n) is 2.19. The Hall–Kier alpha value is -2.02. The maximum atomic E-state index is 13.3. The molecule has 0 saturated heterocycles. The van der Waals surface area contributed by atoms with E-state index in [0.717, 1.165) is 0 Å². The van der Waals surface area contributed by atoms with Gasteiger partial charge in [-0.25, -0.2) is 13.2 Å². The Labute approximate surface area is 107 Å². The third kappa shape index (κ3) is 2.87. The van der Waals surface area contributed by atoms with Crippen LogP contribution in [0.1, 0.15) is 0 Å². The predicted octanol–water partition coefficient (Wildman–Crippen LogP) is 2.87. The van der Waals surface area contributed by atoms with Gasteiger partial charge < -0.3 is 4.18 Å². The fourth-order valence-electron chi connectivity index (χ4n) is 1.35. The number of rotatable bonds is 3. The minimum Gasteiger partial charge on any atom is -0.373 e. The van der Waals surface area contributed by atoms with Gasteiger partial charge in [0.05, 0.1) is 0 Å². The van der Waals surface area contributed by atoms with E-state index in [1.54, 1.807) is 6.07 Å². The van der Waals surface area contributed by atoms with Gasteiger partial charge in [-0.05, 0) is 12.1 Å². The van der Waals surface area contributed by atoms with Crippen LogP contribution >= 0.6 is 0 Å². The Morgan fingerprint density at radius 3 is 1.95 bits per heavy atom. The summed E-state index contributed by atoms with van der Waals surface area (Å²) in [6.07, 6.45) is 0. The van der Waals surface area contributed by atoms with Crippen molar-refractivity contribution in [3.05, 3.63) is 59.9 Å². The van der Waals surface area contributed by atoms with Crippen LogP contribution in [0.4, 0.5) is 13.2 Å². The molecule has 2 rings (SSSR count). The Kier molecular flexibility index (Phi) is 3.48. The molecule has 19 heavy (non-hydrogen) atoms. The van der Waals surface area contributed by atoms with Crippen LogP contribution in [-0.4, -0.2) is 8.42 Å². The van der Waals surface area contributed by atoms with Crippen LogP contribution in [-0.2, 0) is 10.1 Å². The zero-order valence-electron chi connectivity index (χ0n) is 9.31. The van der Waals surface area contributed by atoms with Crippen LogP contribution in [0.15, 0.2) is 47.4 Å². The van der Waals surface area contributed by atoms with Crippen molar-refractivity contribution in [2.45, 2.75) is 4.90 Å². The largest absolute Gasteiger partial charge is 0.373 e. The molecular weight excluding hydrogens is 281 g/mol. The van der Waals surface area contributed by atoms with Gasteiger partial charge in [-0.3, -0.25) is 0 Å². The summed E-state index contributed by atoms with van der Waals surface area (Å²) in [6, 6.07) is 7.49. The fourth-order valence-corrected chi connectivity index (χ4v) is 2.32. The first-order valence-electron chi connectivity index (χ1n) is 5.04. The maximum absolute atomic E-state index is 13.3. The first kappa shape index (κ1) is 13.4. The number of hydrogen-bond acceptors (Lipinski definition) is 3. The minimum atomic E-state index is -4.37. The molecule has 0 aliphatic rings. The first-order valence-corrected chi connectivity index (χ1v) is 6.45. The van der Waals surface area contributed by atoms with Crippen molar-refractivity contribution in [2.75, 3.05) is 0 Å². The zero-order chi connectivity index (χ0) is 14.0. The van der Waals surface area contributed by atoms with Gasteiger partial charge in [0.1, 0.15) is 10.7 Å². The van der Waals surface area contributed by atoms with E-state index in [-0.39, 0.29) is 4.90 Å². The van der Waals surface area contributed by atoms with Gasteiger partial charge in [-0.2, -0.15) is 8.42 Å². The van der Waals surface area contributed by atoms with Gasteiger partial charge in [-0.15, -0.1) is 0 Å². The minimum absolute atomic E-state index is 0.266. The molecule has 0 heterocycles. The molecule has 0 spiro atoms. The highest BCUT2D eigenvalue weighted by molar-refractivity contribution is 7.87. The standard InChI is InChI=1S/C12H7F3O3S/c13-8-6-10(14)12(11(15)7-8)18-19(16,17)9-4-2-1-3-5-9/h1-7H. The van der Waals surface area contributed by atoms with E-state index in [4.69, 9.17) is 0 Å². The van der Waals surface area contributed by atoms with E-state index in [2.05, 4.69) is 4.18 Å². The van der Waals surface area contributed by atoms with Crippen LogP contribution in [0, 0.1) is 17.5 Å². The van der Waals surface area contributed by atoms with E-state index in [1.165, 1.54) is 24.3 Å². The molecule has 0 aliphatic carbocycles. The first-order chi connectivity index (χ1) is 8.90. The SMILES string of the molecule is O=S(=O)(Oc1c(F)cc(F)cc1F)c1ccccc1. The molecule has 0 bridgehead atoms. The maximum Gasteiger partial charge on any atom is 0.339 e. The molecule has 0 radical (unpaired) electrons. The molecular formula is C12H7F3O3S. The monoisotopic (exact) mass is 288 g/mol. The van der Waals surface area contributed by atoms with Gasteiger partial charge in [0, 0.05) is 12.1 Å². The van der Waals surface area contributed by atoms with Crippen molar-refractivity contribution in [2.24, 2.45) is 0 Å². The molecule has 0 unspecified atom stereocenters. The van der Waals surface area contributed by atoms with Crippen molar-refractivity contribution < 1.29 is 25.8 Å². The van der Waals surface area contributed by atoms with Gasteiger partial charge >= 0.3 is 10.1 Å². The molecule has 0 aliphatic heterocycles. The molecule has 3 nitrogen and oxygen atoms in total. The number of benzene rings is 2. The van der Waals surface area contributed by atoms with Gasteiger partial charge in [0.2, 0.25) is 5.75 Å². The summed E-state index contributed by atoms with van der Waals surface area (Å²) in [5, 5.41) is 0. The van der Waals surface area contributed by atoms with Crippen LogP contribution in [0.25, 0.3) is 0 Å². The van der Waals surface area contributed by atoms with Crippen LogP contribution in [0.5, 0.6) is 5.75 Å². The summed E-state index contributed by atoms with van der Waals surface area (Å²) in [5.74, 6) is -5.20. The molecule has 0 N–H and O–H groups in total. The Morgan fingerprint density at radius 1 is 0.895 bits per heavy atom. The van der Waals surface area contributed by atoms with E-state index in [0.29, 0.717) is 12.1 Å². The van der Waals surface area contributed by atoms with Crippen LogP contribution < -0.4 is 4.18 Å². The second-order valence-corrected chi connectivity index (χ2v) is 5.10.